The molecule has 3 fully saturated rings. The SMILES string of the molecule is CCCOC(=O)O[C@]1(C(=O)COS(=O)(=O)c2ccc(Cl)cc2)CC[C@H]2[C@@H]3CCC4=CC(=O)C=C[C@]4(C)[C@H]3C(O)C[C@@]21C. The smallest absolute Gasteiger partial charge is 0.434 e. The van der Waals surface area contributed by atoms with Gasteiger partial charge in [0, 0.05) is 21.8 Å². The number of aliphatic hydroxyl groups excluding tert-OH is 1. The van der Waals surface area contributed by atoms with Gasteiger partial charge in [0.05, 0.1) is 17.6 Å². The summed E-state index contributed by atoms with van der Waals surface area (Å²) < 4.78 is 42.1. The monoisotopic (exact) mass is 620 g/mol. The molecule has 11 heteroatoms. The predicted octanol–water partition coefficient (Wildman–Crippen LogP) is 5.20. The minimum atomic E-state index is -4.32. The number of rotatable bonds is 8. The van der Waals surface area contributed by atoms with Crippen LogP contribution >= 0.6 is 11.6 Å². The summed E-state index contributed by atoms with van der Waals surface area (Å²) in [6.45, 7) is 4.96. The minimum Gasteiger partial charge on any atom is -0.434 e. The van der Waals surface area contributed by atoms with Crippen LogP contribution in [0.25, 0.3) is 0 Å². The van der Waals surface area contributed by atoms with Crippen molar-refractivity contribution in [2.24, 2.45) is 28.6 Å². The number of Topliss-reactive ketones (excluding diaryl/α,β-unsaturated/α-hetero) is 1. The van der Waals surface area contributed by atoms with Gasteiger partial charge in [0.15, 0.2) is 11.4 Å². The summed E-state index contributed by atoms with van der Waals surface area (Å²) in [5.74, 6) is -1.10. The molecule has 0 amide bonds. The molecule has 0 bridgehead atoms. The number of ketones is 2. The third kappa shape index (κ3) is 5.04. The molecule has 1 aromatic carbocycles. The molecule has 0 aromatic heterocycles. The molecule has 7 atom stereocenters. The molecule has 0 heterocycles. The van der Waals surface area contributed by atoms with Crippen LogP contribution in [0.1, 0.15) is 59.3 Å². The van der Waals surface area contributed by atoms with Gasteiger partial charge in [0.2, 0.25) is 5.78 Å². The Labute approximate surface area is 251 Å². The Bertz CT molecular complexity index is 1430. The summed E-state index contributed by atoms with van der Waals surface area (Å²) in [5.41, 5.74) is -2.29. The number of halogens is 1. The molecular formula is C31H37ClO9S. The van der Waals surface area contributed by atoms with E-state index >= 15 is 0 Å². The second-order valence-corrected chi connectivity index (χ2v) is 14.4. The van der Waals surface area contributed by atoms with E-state index in [-0.39, 0.29) is 47.9 Å². The van der Waals surface area contributed by atoms with Crippen LogP contribution in [0.15, 0.2) is 53.0 Å². The highest BCUT2D eigenvalue weighted by Crippen LogP contribution is 2.68. The van der Waals surface area contributed by atoms with Crippen LogP contribution in [-0.2, 0) is 33.4 Å². The molecule has 4 aliphatic rings. The molecule has 4 aliphatic carbocycles. The molecule has 5 rings (SSSR count). The van der Waals surface area contributed by atoms with E-state index < -0.39 is 51.2 Å². The first-order valence-electron chi connectivity index (χ1n) is 14.4. The maximum Gasteiger partial charge on any atom is 0.509 e. The first-order valence-corrected chi connectivity index (χ1v) is 16.2. The molecule has 0 spiro atoms. The molecule has 0 aliphatic heterocycles. The van der Waals surface area contributed by atoms with Crippen molar-refractivity contribution in [3.05, 3.63) is 53.1 Å². The van der Waals surface area contributed by atoms with Crippen LogP contribution in [0, 0.1) is 28.6 Å². The Morgan fingerprint density at radius 1 is 1.14 bits per heavy atom. The van der Waals surface area contributed by atoms with Gasteiger partial charge in [-0.1, -0.05) is 44.0 Å². The van der Waals surface area contributed by atoms with E-state index in [1.54, 1.807) is 12.2 Å². The van der Waals surface area contributed by atoms with Crippen LogP contribution in [-0.4, -0.2) is 56.2 Å². The summed E-state index contributed by atoms with van der Waals surface area (Å²) in [7, 11) is -4.32. The lowest BCUT2D eigenvalue weighted by atomic mass is 9.46. The van der Waals surface area contributed by atoms with E-state index in [0.717, 1.165) is 5.57 Å². The molecule has 0 radical (unpaired) electrons. The van der Waals surface area contributed by atoms with Gasteiger partial charge in [0.1, 0.15) is 6.61 Å². The van der Waals surface area contributed by atoms with Gasteiger partial charge < -0.3 is 14.6 Å². The van der Waals surface area contributed by atoms with E-state index in [9.17, 15) is 27.9 Å². The van der Waals surface area contributed by atoms with Crippen LogP contribution < -0.4 is 0 Å². The van der Waals surface area contributed by atoms with Crippen molar-refractivity contribution in [1.82, 2.24) is 0 Å². The van der Waals surface area contributed by atoms with Gasteiger partial charge in [-0.3, -0.25) is 13.8 Å². The second kappa shape index (κ2) is 11.2. The fourth-order valence-electron chi connectivity index (χ4n) is 8.27. The summed E-state index contributed by atoms with van der Waals surface area (Å²) in [6.07, 6.45) is 5.97. The van der Waals surface area contributed by atoms with Crippen molar-refractivity contribution >= 4 is 39.4 Å². The average Bonchev–Trinajstić information content (AvgIpc) is 3.23. The number of carbonyl (C=O) groups is 3. The van der Waals surface area contributed by atoms with Crippen molar-refractivity contribution < 1.29 is 41.6 Å². The Balaban J connectivity index is 1.47. The lowest BCUT2D eigenvalue weighted by molar-refractivity contribution is -0.183. The van der Waals surface area contributed by atoms with E-state index in [0.29, 0.717) is 30.7 Å². The van der Waals surface area contributed by atoms with Crippen LogP contribution in [0.3, 0.4) is 0 Å². The van der Waals surface area contributed by atoms with Crippen molar-refractivity contribution in [3.8, 4) is 0 Å². The Hall–Kier alpha value is -2.53. The fourth-order valence-corrected chi connectivity index (χ4v) is 9.26. The molecule has 42 heavy (non-hydrogen) atoms. The lowest BCUT2D eigenvalue weighted by Crippen LogP contribution is -2.63. The summed E-state index contributed by atoms with van der Waals surface area (Å²) in [4.78, 5) is 38.9. The molecule has 9 nitrogen and oxygen atoms in total. The number of aliphatic hydroxyl groups is 1. The third-order valence-corrected chi connectivity index (χ3v) is 11.7. The number of hydrogen-bond donors (Lipinski definition) is 1. The highest BCUT2D eigenvalue weighted by atomic mass is 35.5. The van der Waals surface area contributed by atoms with Gasteiger partial charge in [-0.05, 0) is 86.8 Å². The van der Waals surface area contributed by atoms with Crippen molar-refractivity contribution in [2.45, 2.75) is 75.9 Å². The number of benzene rings is 1. The zero-order chi connectivity index (χ0) is 30.5. The molecular weight excluding hydrogens is 584 g/mol. The Kier molecular flexibility index (Phi) is 8.24. The highest BCUT2D eigenvalue weighted by Gasteiger charge is 2.70. The topological polar surface area (TPSA) is 133 Å². The van der Waals surface area contributed by atoms with E-state index in [2.05, 4.69) is 0 Å². The molecule has 3 saturated carbocycles. The number of fused-ring (bicyclic) bond motifs is 5. The van der Waals surface area contributed by atoms with Gasteiger partial charge in [0.25, 0.3) is 10.1 Å². The zero-order valence-corrected chi connectivity index (χ0v) is 25.6. The fraction of sp³-hybridized carbons (Fsp3) is 0.581. The van der Waals surface area contributed by atoms with Gasteiger partial charge in [-0.15, -0.1) is 0 Å². The van der Waals surface area contributed by atoms with Gasteiger partial charge in [-0.25, -0.2) is 4.79 Å². The summed E-state index contributed by atoms with van der Waals surface area (Å²) in [6, 6.07) is 5.36. The number of ether oxygens (including phenoxy) is 2. The minimum absolute atomic E-state index is 0.0255. The average molecular weight is 621 g/mol. The highest BCUT2D eigenvalue weighted by molar-refractivity contribution is 7.86. The molecule has 0 saturated heterocycles. The summed E-state index contributed by atoms with van der Waals surface area (Å²) in [5, 5.41) is 12.1. The first kappa shape index (κ1) is 30.9. The number of allylic oxidation sites excluding steroid dienone is 4. The van der Waals surface area contributed by atoms with E-state index in [1.165, 1.54) is 24.3 Å². The maximum atomic E-state index is 14.1. The van der Waals surface area contributed by atoms with E-state index in [4.69, 9.17) is 25.3 Å². The van der Waals surface area contributed by atoms with Crippen LogP contribution in [0.2, 0.25) is 5.02 Å². The summed E-state index contributed by atoms with van der Waals surface area (Å²) >= 11 is 5.88. The van der Waals surface area contributed by atoms with Crippen molar-refractivity contribution in [1.29, 1.82) is 0 Å². The zero-order valence-electron chi connectivity index (χ0n) is 24.0. The second-order valence-electron chi connectivity index (χ2n) is 12.4. The van der Waals surface area contributed by atoms with Gasteiger partial charge >= 0.3 is 6.16 Å². The quantitative estimate of drug-likeness (QED) is 0.308. The molecule has 1 N–H and O–H groups in total. The van der Waals surface area contributed by atoms with Gasteiger partial charge in [-0.2, -0.15) is 8.42 Å². The normalized spacial score (nSPS) is 35.5. The van der Waals surface area contributed by atoms with Crippen LogP contribution in [0.5, 0.6) is 0 Å². The molecule has 1 unspecified atom stereocenters. The van der Waals surface area contributed by atoms with Crippen LogP contribution in [0.4, 0.5) is 4.79 Å². The first-order chi connectivity index (χ1) is 19.8. The standard InChI is InChI=1S/C31H37ClO9S/c1-4-15-39-28(36)41-31(26(35)18-40-42(37,38)22-8-6-20(32)7-9-22)14-12-24-23-10-5-19-16-21(33)11-13-29(19,2)27(23)25(34)17-30(24,31)3/h6-9,11,13,16,23-25,27,34H,4-5,10,12,14-15,17-18H2,1-3H3/t23-,24-,25?,27+,29-,30-,31-/m0/s1. The van der Waals surface area contributed by atoms with E-state index in [1.807, 2.05) is 26.8 Å². The Morgan fingerprint density at radius 2 is 1.86 bits per heavy atom. The Morgan fingerprint density at radius 3 is 2.55 bits per heavy atom. The molecule has 228 valence electrons. The largest absolute Gasteiger partial charge is 0.509 e. The maximum absolute atomic E-state index is 14.1. The third-order valence-electron chi connectivity index (χ3n) is 10.2. The predicted molar refractivity (Wildman–Crippen MR) is 153 cm³/mol. The van der Waals surface area contributed by atoms with Crippen molar-refractivity contribution in [2.75, 3.05) is 13.2 Å². The number of carbonyl (C=O) groups excluding carboxylic acids is 3. The van der Waals surface area contributed by atoms with Crippen molar-refractivity contribution in [3.63, 3.8) is 0 Å². The molecule has 1 aromatic rings. The number of hydrogen-bond acceptors (Lipinski definition) is 9. The lowest BCUT2D eigenvalue weighted by Gasteiger charge is -2.59.